The molecule has 5 heteroatoms. The fourth-order valence-electron chi connectivity index (χ4n) is 1.03. The zero-order chi connectivity index (χ0) is 10.9. The highest BCUT2D eigenvalue weighted by Crippen LogP contribution is 2.12. The number of pyridine rings is 1. The van der Waals surface area contributed by atoms with Crippen LogP contribution in [0.25, 0.3) is 0 Å². The number of hydrogen-bond donors (Lipinski definition) is 2. The van der Waals surface area contributed by atoms with Crippen LogP contribution in [0.2, 0.25) is 0 Å². The SMILES string of the molecule is Cc1cc(C(=O)O)c(C(=O)O)nc1C. The highest BCUT2D eigenvalue weighted by atomic mass is 16.4. The van der Waals surface area contributed by atoms with Gasteiger partial charge in [0.2, 0.25) is 0 Å². The van der Waals surface area contributed by atoms with E-state index in [1.165, 1.54) is 6.07 Å². The average Bonchev–Trinajstić information content (AvgIpc) is 2.08. The van der Waals surface area contributed by atoms with E-state index in [1.54, 1.807) is 13.8 Å². The summed E-state index contributed by atoms with van der Waals surface area (Å²) >= 11 is 0. The van der Waals surface area contributed by atoms with Gasteiger partial charge in [-0.2, -0.15) is 0 Å². The molecule has 5 nitrogen and oxygen atoms in total. The molecule has 0 aliphatic carbocycles. The Labute approximate surface area is 80.0 Å². The van der Waals surface area contributed by atoms with Gasteiger partial charge < -0.3 is 10.2 Å². The lowest BCUT2D eigenvalue weighted by Gasteiger charge is -2.04. The molecule has 0 atom stereocenters. The number of aromatic carboxylic acids is 2. The zero-order valence-corrected chi connectivity index (χ0v) is 7.74. The molecule has 1 heterocycles. The summed E-state index contributed by atoms with van der Waals surface area (Å²) in [5, 5.41) is 17.4. The van der Waals surface area contributed by atoms with Crippen molar-refractivity contribution in [1.82, 2.24) is 4.98 Å². The monoisotopic (exact) mass is 195 g/mol. The average molecular weight is 195 g/mol. The smallest absolute Gasteiger partial charge is 0.355 e. The van der Waals surface area contributed by atoms with E-state index in [2.05, 4.69) is 4.98 Å². The molecular weight excluding hydrogens is 186 g/mol. The van der Waals surface area contributed by atoms with Crippen LogP contribution in [0.1, 0.15) is 32.1 Å². The predicted octanol–water partition coefficient (Wildman–Crippen LogP) is 1.09. The van der Waals surface area contributed by atoms with Crippen LogP contribution in [0, 0.1) is 13.8 Å². The molecule has 0 aliphatic rings. The van der Waals surface area contributed by atoms with E-state index < -0.39 is 17.6 Å². The van der Waals surface area contributed by atoms with E-state index in [1.807, 2.05) is 0 Å². The summed E-state index contributed by atoms with van der Waals surface area (Å²) in [5.74, 6) is -2.61. The lowest BCUT2D eigenvalue weighted by atomic mass is 10.1. The van der Waals surface area contributed by atoms with E-state index >= 15 is 0 Å². The summed E-state index contributed by atoms with van der Waals surface area (Å²) < 4.78 is 0. The molecule has 0 saturated carbocycles. The van der Waals surface area contributed by atoms with Gasteiger partial charge in [0.1, 0.15) is 0 Å². The van der Waals surface area contributed by atoms with Crippen LogP contribution >= 0.6 is 0 Å². The van der Waals surface area contributed by atoms with Gasteiger partial charge in [-0.25, -0.2) is 14.6 Å². The molecule has 14 heavy (non-hydrogen) atoms. The Morgan fingerprint density at radius 2 is 1.79 bits per heavy atom. The molecule has 0 saturated heterocycles. The zero-order valence-electron chi connectivity index (χ0n) is 7.74. The minimum Gasteiger partial charge on any atom is -0.478 e. The standard InChI is InChI=1S/C9H9NO4/c1-4-3-6(8(11)12)7(9(13)14)10-5(4)2/h3H,1-2H3,(H,11,12)(H,13,14). The van der Waals surface area contributed by atoms with Crippen LogP contribution in [0.3, 0.4) is 0 Å². The first-order valence-corrected chi connectivity index (χ1v) is 3.88. The van der Waals surface area contributed by atoms with Gasteiger partial charge in [0.15, 0.2) is 5.69 Å². The van der Waals surface area contributed by atoms with Crippen LogP contribution in [0.15, 0.2) is 6.07 Å². The van der Waals surface area contributed by atoms with Crippen LogP contribution in [-0.4, -0.2) is 27.1 Å². The van der Waals surface area contributed by atoms with Gasteiger partial charge in [-0.3, -0.25) is 0 Å². The summed E-state index contributed by atoms with van der Waals surface area (Å²) in [6.45, 7) is 3.31. The summed E-state index contributed by atoms with van der Waals surface area (Å²) in [4.78, 5) is 25.1. The highest BCUT2D eigenvalue weighted by molar-refractivity contribution is 6.00. The Bertz CT molecular complexity index is 373. The van der Waals surface area contributed by atoms with Gasteiger partial charge in [-0.15, -0.1) is 0 Å². The summed E-state index contributed by atoms with van der Waals surface area (Å²) in [5.41, 5.74) is 0.487. The minimum atomic E-state index is -1.33. The number of aromatic nitrogens is 1. The van der Waals surface area contributed by atoms with Crippen LogP contribution in [0.5, 0.6) is 0 Å². The van der Waals surface area contributed by atoms with Gasteiger partial charge >= 0.3 is 11.9 Å². The molecule has 1 aromatic rings. The van der Waals surface area contributed by atoms with Crippen molar-refractivity contribution < 1.29 is 19.8 Å². The molecule has 0 aliphatic heterocycles. The van der Waals surface area contributed by atoms with E-state index in [4.69, 9.17) is 10.2 Å². The number of carboxylic acids is 2. The largest absolute Gasteiger partial charge is 0.478 e. The third-order valence-corrected chi connectivity index (χ3v) is 1.90. The molecule has 0 amide bonds. The van der Waals surface area contributed by atoms with E-state index in [-0.39, 0.29) is 5.56 Å². The first kappa shape index (κ1) is 10.2. The third kappa shape index (κ3) is 1.71. The van der Waals surface area contributed by atoms with E-state index in [0.717, 1.165) is 0 Å². The first-order valence-electron chi connectivity index (χ1n) is 3.88. The number of carbonyl (C=O) groups is 2. The van der Waals surface area contributed by atoms with Gasteiger partial charge in [0, 0.05) is 5.69 Å². The van der Waals surface area contributed by atoms with Crippen molar-refractivity contribution in [3.05, 3.63) is 28.6 Å². The Kier molecular flexibility index (Phi) is 2.51. The maximum absolute atomic E-state index is 10.7. The Hall–Kier alpha value is -1.91. The molecule has 1 aromatic heterocycles. The summed E-state index contributed by atoms with van der Waals surface area (Å²) in [7, 11) is 0. The second-order valence-electron chi connectivity index (χ2n) is 2.90. The molecule has 2 N–H and O–H groups in total. The fraction of sp³-hybridized carbons (Fsp3) is 0.222. The van der Waals surface area contributed by atoms with Crippen LogP contribution < -0.4 is 0 Å². The van der Waals surface area contributed by atoms with Crippen molar-refractivity contribution in [2.45, 2.75) is 13.8 Å². The molecule has 0 aromatic carbocycles. The molecule has 0 spiro atoms. The Morgan fingerprint density at radius 3 is 2.21 bits per heavy atom. The summed E-state index contributed by atoms with van der Waals surface area (Å²) in [6.07, 6.45) is 0. The molecule has 0 radical (unpaired) electrons. The maximum Gasteiger partial charge on any atom is 0.355 e. The molecule has 74 valence electrons. The van der Waals surface area contributed by atoms with E-state index in [0.29, 0.717) is 11.3 Å². The number of hydrogen-bond acceptors (Lipinski definition) is 3. The van der Waals surface area contributed by atoms with Gasteiger partial charge in [-0.05, 0) is 25.5 Å². The minimum absolute atomic E-state index is 0.277. The Balaban J connectivity index is 3.46. The number of carboxylic acid groups (broad SMARTS) is 2. The van der Waals surface area contributed by atoms with Gasteiger partial charge in [0.25, 0.3) is 0 Å². The van der Waals surface area contributed by atoms with Crippen molar-refractivity contribution in [2.75, 3.05) is 0 Å². The van der Waals surface area contributed by atoms with Crippen molar-refractivity contribution >= 4 is 11.9 Å². The molecular formula is C9H9NO4. The van der Waals surface area contributed by atoms with Crippen molar-refractivity contribution in [2.24, 2.45) is 0 Å². The van der Waals surface area contributed by atoms with Crippen LogP contribution in [-0.2, 0) is 0 Å². The molecule has 1 rings (SSSR count). The Morgan fingerprint density at radius 1 is 1.21 bits per heavy atom. The van der Waals surface area contributed by atoms with Crippen molar-refractivity contribution in [3.63, 3.8) is 0 Å². The lowest BCUT2D eigenvalue weighted by Crippen LogP contribution is -2.12. The van der Waals surface area contributed by atoms with Gasteiger partial charge in [-0.1, -0.05) is 0 Å². The number of nitrogens with zero attached hydrogens (tertiary/aromatic N) is 1. The molecule has 0 unspecified atom stereocenters. The predicted molar refractivity (Wildman–Crippen MR) is 47.6 cm³/mol. The molecule has 0 fully saturated rings. The van der Waals surface area contributed by atoms with Crippen LogP contribution in [0.4, 0.5) is 0 Å². The maximum atomic E-state index is 10.7. The highest BCUT2D eigenvalue weighted by Gasteiger charge is 2.18. The fourth-order valence-corrected chi connectivity index (χ4v) is 1.03. The van der Waals surface area contributed by atoms with Crippen molar-refractivity contribution in [1.29, 1.82) is 0 Å². The molecule has 0 bridgehead atoms. The number of rotatable bonds is 2. The second-order valence-corrected chi connectivity index (χ2v) is 2.90. The normalized spacial score (nSPS) is 9.86. The number of aryl methyl sites for hydroxylation is 2. The topological polar surface area (TPSA) is 87.5 Å². The quantitative estimate of drug-likeness (QED) is 0.737. The van der Waals surface area contributed by atoms with E-state index in [9.17, 15) is 9.59 Å². The van der Waals surface area contributed by atoms with Gasteiger partial charge in [0.05, 0.1) is 5.56 Å². The second kappa shape index (κ2) is 3.45. The lowest BCUT2D eigenvalue weighted by molar-refractivity contribution is 0.0646. The summed E-state index contributed by atoms with van der Waals surface area (Å²) in [6, 6.07) is 1.31. The third-order valence-electron chi connectivity index (χ3n) is 1.90. The first-order chi connectivity index (χ1) is 6.43. The van der Waals surface area contributed by atoms with Crippen molar-refractivity contribution in [3.8, 4) is 0 Å².